The molecule has 1 N–H and O–H groups in total. The molecule has 0 radical (unpaired) electrons. The Hall–Kier alpha value is -2.82. The van der Waals surface area contributed by atoms with Crippen LogP contribution in [0, 0.1) is 0 Å². The van der Waals surface area contributed by atoms with E-state index in [1.165, 1.54) is 0 Å². The first kappa shape index (κ1) is 26.8. The van der Waals surface area contributed by atoms with Gasteiger partial charge >= 0.3 is 0 Å². The molecule has 0 saturated heterocycles. The Bertz CT molecular complexity index is 1090. The van der Waals surface area contributed by atoms with Crippen molar-refractivity contribution < 1.29 is 9.59 Å². The van der Waals surface area contributed by atoms with Crippen LogP contribution in [0.1, 0.15) is 43.4 Å². The fraction of sp³-hybridized carbons (Fsp3) is 0.310. The van der Waals surface area contributed by atoms with Gasteiger partial charge in [0.2, 0.25) is 11.8 Å². The van der Waals surface area contributed by atoms with Gasteiger partial charge in [-0.2, -0.15) is 0 Å². The number of benzene rings is 3. The van der Waals surface area contributed by atoms with Crippen LogP contribution in [-0.2, 0) is 29.0 Å². The molecule has 6 heteroatoms. The Labute approximate surface area is 218 Å². The van der Waals surface area contributed by atoms with E-state index in [4.69, 9.17) is 23.2 Å². The highest BCUT2D eigenvalue weighted by Crippen LogP contribution is 2.27. The highest BCUT2D eigenvalue weighted by molar-refractivity contribution is 6.36. The lowest BCUT2D eigenvalue weighted by Gasteiger charge is -2.33. The van der Waals surface area contributed by atoms with Crippen molar-refractivity contribution in [2.24, 2.45) is 0 Å². The number of nitrogens with one attached hydrogen (secondary N) is 1. The zero-order valence-electron chi connectivity index (χ0n) is 20.2. The normalized spacial score (nSPS) is 12.6. The van der Waals surface area contributed by atoms with Crippen molar-refractivity contribution in [1.82, 2.24) is 10.2 Å². The van der Waals surface area contributed by atoms with Gasteiger partial charge in [-0.15, -0.1) is 0 Å². The second-order valence-corrected chi connectivity index (χ2v) is 9.55. The molecule has 0 heterocycles. The van der Waals surface area contributed by atoms with E-state index in [1.807, 2.05) is 74.5 Å². The summed E-state index contributed by atoms with van der Waals surface area (Å²) in [6.45, 7) is 4.13. The molecule has 0 fully saturated rings. The van der Waals surface area contributed by atoms with E-state index in [-0.39, 0.29) is 30.8 Å². The van der Waals surface area contributed by atoms with Gasteiger partial charge in [0.15, 0.2) is 0 Å². The lowest BCUT2D eigenvalue weighted by atomic mass is 10.0. The minimum Gasteiger partial charge on any atom is -0.352 e. The summed E-state index contributed by atoms with van der Waals surface area (Å²) in [5.74, 6) is -0.301. The Kier molecular flexibility index (Phi) is 10.2. The first-order valence-corrected chi connectivity index (χ1v) is 12.7. The number of halogens is 2. The van der Waals surface area contributed by atoms with Crippen molar-refractivity contribution in [3.63, 3.8) is 0 Å². The molecular formula is C29H32Cl2N2O2. The molecule has 2 atom stereocenters. The Morgan fingerprint density at radius 3 is 2.00 bits per heavy atom. The Balaban J connectivity index is 1.96. The number of aryl methyl sites for hydroxylation is 1. The molecule has 0 aliphatic heterocycles. The molecule has 0 spiro atoms. The lowest BCUT2D eigenvalue weighted by molar-refractivity contribution is -0.141. The largest absolute Gasteiger partial charge is 0.352 e. The predicted molar refractivity (Wildman–Crippen MR) is 144 cm³/mol. The number of amides is 2. The molecule has 0 aliphatic rings. The van der Waals surface area contributed by atoms with Crippen molar-refractivity contribution in [3.8, 4) is 0 Å². The van der Waals surface area contributed by atoms with Crippen LogP contribution in [-0.4, -0.2) is 28.8 Å². The SMILES string of the molecule is CC[C@H](C)NC(=O)[C@H](Cc1ccccc1)N(Cc1c(Cl)cccc1Cl)C(=O)CCc1ccccc1. The summed E-state index contributed by atoms with van der Waals surface area (Å²) in [4.78, 5) is 28.9. The first-order valence-electron chi connectivity index (χ1n) is 12.0. The van der Waals surface area contributed by atoms with Crippen molar-refractivity contribution in [2.45, 2.75) is 58.2 Å². The van der Waals surface area contributed by atoms with Gasteiger partial charge in [-0.05, 0) is 43.0 Å². The maximum absolute atomic E-state index is 13.7. The zero-order chi connectivity index (χ0) is 25.2. The Morgan fingerprint density at radius 1 is 0.857 bits per heavy atom. The van der Waals surface area contributed by atoms with E-state index in [2.05, 4.69) is 5.32 Å². The molecule has 0 aromatic heterocycles. The van der Waals surface area contributed by atoms with Gasteiger partial charge in [-0.1, -0.05) is 96.9 Å². The van der Waals surface area contributed by atoms with E-state index >= 15 is 0 Å². The molecule has 0 saturated carbocycles. The molecule has 184 valence electrons. The predicted octanol–water partition coefficient (Wildman–Crippen LogP) is 6.48. The highest BCUT2D eigenvalue weighted by atomic mass is 35.5. The van der Waals surface area contributed by atoms with Gasteiger partial charge in [0.05, 0.1) is 0 Å². The fourth-order valence-electron chi connectivity index (χ4n) is 3.89. The fourth-order valence-corrected chi connectivity index (χ4v) is 4.41. The van der Waals surface area contributed by atoms with E-state index in [9.17, 15) is 9.59 Å². The molecular weight excluding hydrogens is 479 g/mol. The summed E-state index contributed by atoms with van der Waals surface area (Å²) in [5, 5.41) is 4.02. The third-order valence-electron chi connectivity index (χ3n) is 6.13. The third kappa shape index (κ3) is 7.84. The molecule has 3 aromatic rings. The standard InChI is InChI=1S/C29H32Cl2N2O2/c1-3-21(2)32-29(35)27(19-23-13-8-5-9-14-23)33(20-24-25(30)15-10-16-26(24)31)28(34)18-17-22-11-6-4-7-12-22/h4-16,21,27H,3,17-20H2,1-2H3,(H,32,35)/t21-,27-/m0/s1. The van der Waals surface area contributed by atoms with Gasteiger partial charge < -0.3 is 10.2 Å². The Morgan fingerprint density at radius 2 is 1.43 bits per heavy atom. The van der Waals surface area contributed by atoms with Crippen LogP contribution in [0.15, 0.2) is 78.9 Å². The second kappa shape index (κ2) is 13.3. The third-order valence-corrected chi connectivity index (χ3v) is 6.84. The van der Waals surface area contributed by atoms with E-state index < -0.39 is 6.04 Å². The van der Waals surface area contributed by atoms with E-state index in [1.54, 1.807) is 23.1 Å². The zero-order valence-corrected chi connectivity index (χ0v) is 21.7. The smallest absolute Gasteiger partial charge is 0.243 e. The molecule has 35 heavy (non-hydrogen) atoms. The van der Waals surface area contributed by atoms with Gasteiger partial charge in [0.1, 0.15) is 6.04 Å². The molecule has 3 rings (SSSR count). The lowest BCUT2D eigenvalue weighted by Crippen LogP contribution is -2.52. The molecule has 0 unspecified atom stereocenters. The summed E-state index contributed by atoms with van der Waals surface area (Å²) in [7, 11) is 0. The molecule has 0 aliphatic carbocycles. The summed E-state index contributed by atoms with van der Waals surface area (Å²) in [6, 6.07) is 24.2. The van der Waals surface area contributed by atoms with Crippen LogP contribution >= 0.6 is 23.2 Å². The monoisotopic (exact) mass is 510 g/mol. The van der Waals surface area contributed by atoms with Crippen molar-refractivity contribution in [3.05, 3.63) is 106 Å². The van der Waals surface area contributed by atoms with Crippen molar-refractivity contribution in [2.75, 3.05) is 0 Å². The van der Waals surface area contributed by atoms with Crippen LogP contribution in [0.4, 0.5) is 0 Å². The van der Waals surface area contributed by atoms with Gasteiger partial charge in [0.25, 0.3) is 0 Å². The summed E-state index contributed by atoms with van der Waals surface area (Å²) in [5.41, 5.74) is 2.68. The van der Waals surface area contributed by atoms with Crippen LogP contribution in [0.3, 0.4) is 0 Å². The van der Waals surface area contributed by atoms with Gasteiger partial charge in [0, 0.05) is 41.0 Å². The van der Waals surface area contributed by atoms with Crippen LogP contribution < -0.4 is 5.32 Å². The van der Waals surface area contributed by atoms with Crippen LogP contribution in [0.5, 0.6) is 0 Å². The minimum atomic E-state index is -0.706. The van der Waals surface area contributed by atoms with E-state index in [0.29, 0.717) is 28.5 Å². The topological polar surface area (TPSA) is 49.4 Å². The first-order chi connectivity index (χ1) is 16.9. The second-order valence-electron chi connectivity index (χ2n) is 8.73. The van der Waals surface area contributed by atoms with Crippen molar-refractivity contribution >= 4 is 35.0 Å². The number of rotatable bonds is 11. The quantitative estimate of drug-likeness (QED) is 0.320. The molecule has 4 nitrogen and oxygen atoms in total. The number of carbonyl (C=O) groups is 2. The maximum Gasteiger partial charge on any atom is 0.243 e. The van der Waals surface area contributed by atoms with Crippen molar-refractivity contribution in [1.29, 1.82) is 0 Å². The van der Waals surface area contributed by atoms with Crippen LogP contribution in [0.2, 0.25) is 10.0 Å². The summed E-state index contributed by atoms with van der Waals surface area (Å²) >= 11 is 13.0. The number of nitrogens with zero attached hydrogens (tertiary/aromatic N) is 1. The number of carbonyl (C=O) groups excluding carboxylic acids is 2. The highest BCUT2D eigenvalue weighted by Gasteiger charge is 2.31. The average Bonchev–Trinajstić information content (AvgIpc) is 2.87. The molecule has 3 aromatic carbocycles. The summed E-state index contributed by atoms with van der Waals surface area (Å²) < 4.78 is 0. The number of hydrogen-bond donors (Lipinski definition) is 1. The van der Waals surface area contributed by atoms with Crippen LogP contribution in [0.25, 0.3) is 0 Å². The minimum absolute atomic E-state index is 0.00838. The molecule has 0 bridgehead atoms. The number of hydrogen-bond acceptors (Lipinski definition) is 2. The average molecular weight is 511 g/mol. The summed E-state index contributed by atoms with van der Waals surface area (Å²) in [6.07, 6.45) is 2.04. The van der Waals surface area contributed by atoms with Gasteiger partial charge in [-0.3, -0.25) is 9.59 Å². The van der Waals surface area contributed by atoms with Gasteiger partial charge in [-0.25, -0.2) is 0 Å². The van der Waals surface area contributed by atoms with E-state index in [0.717, 1.165) is 17.5 Å². The maximum atomic E-state index is 13.7. The molecule has 2 amide bonds.